The zero-order chi connectivity index (χ0) is 32.7. The van der Waals surface area contributed by atoms with Crippen molar-refractivity contribution < 1.29 is 29.0 Å². The third kappa shape index (κ3) is 14.0. The third-order valence-electron chi connectivity index (χ3n) is 6.78. The molecule has 5 N–H and O–H groups in total. The number of aromatic hydroxyl groups is 1. The van der Waals surface area contributed by atoms with E-state index in [1.54, 1.807) is 32.9 Å². The van der Waals surface area contributed by atoms with Crippen molar-refractivity contribution in [3.63, 3.8) is 0 Å². The van der Waals surface area contributed by atoms with Gasteiger partial charge in [-0.15, -0.1) is 0 Å². The van der Waals surface area contributed by atoms with Crippen LogP contribution in [0.15, 0.2) is 54.6 Å². The SMILES string of the molecule is CCCC[C@H](NC(=O)OC(C)(C)C)C(=O)N[C@@H](Cc1ccc(O)cc1)C(=O)NC(=O)[C@H](CC(C)C)NCCc1ccccc1. The predicted octanol–water partition coefficient (Wildman–Crippen LogP) is 4.39. The van der Waals surface area contributed by atoms with Gasteiger partial charge >= 0.3 is 6.09 Å². The number of carbonyl (C=O) groups is 4. The summed E-state index contributed by atoms with van der Waals surface area (Å²) in [6.45, 7) is 11.7. The number of unbranched alkanes of at least 4 members (excludes halogenated alkanes) is 1. The van der Waals surface area contributed by atoms with Crippen molar-refractivity contribution in [2.24, 2.45) is 5.92 Å². The highest BCUT2D eigenvalue weighted by molar-refractivity contribution is 6.01. The standard InChI is InChI=1S/C34H50N4O6/c1-7-8-14-27(37-33(43)44-34(4,5)6)30(40)36-29(22-25-15-17-26(39)18-16-25)32(42)38-31(41)28(21-23(2)3)35-20-19-24-12-10-9-11-13-24/h9-13,15-18,23,27-29,35,39H,7-8,14,19-22H2,1-6H3,(H,36,40)(H,37,43)(H,38,41,42)/t27-,28-,29-/m0/s1. The number of benzene rings is 2. The van der Waals surface area contributed by atoms with Gasteiger partial charge in [0.15, 0.2) is 0 Å². The highest BCUT2D eigenvalue weighted by Crippen LogP contribution is 2.13. The molecule has 0 aliphatic rings. The Morgan fingerprint density at radius 3 is 2.05 bits per heavy atom. The van der Waals surface area contributed by atoms with Crippen molar-refractivity contribution in [3.8, 4) is 5.75 Å². The lowest BCUT2D eigenvalue weighted by Gasteiger charge is -2.26. The molecular weight excluding hydrogens is 560 g/mol. The van der Waals surface area contributed by atoms with Crippen LogP contribution in [0.25, 0.3) is 0 Å². The van der Waals surface area contributed by atoms with Crippen LogP contribution in [-0.2, 0) is 32.0 Å². The second-order valence-corrected chi connectivity index (χ2v) is 12.5. The summed E-state index contributed by atoms with van der Waals surface area (Å²) in [6, 6.07) is 13.5. The van der Waals surface area contributed by atoms with Crippen LogP contribution in [0.3, 0.4) is 0 Å². The number of nitrogens with one attached hydrogen (secondary N) is 4. The maximum absolute atomic E-state index is 13.6. The molecule has 0 bridgehead atoms. The Morgan fingerprint density at radius 2 is 1.45 bits per heavy atom. The lowest BCUT2D eigenvalue weighted by Crippen LogP contribution is -2.57. The van der Waals surface area contributed by atoms with E-state index in [2.05, 4.69) is 21.3 Å². The molecule has 2 rings (SSSR count). The Labute approximate surface area is 261 Å². The van der Waals surface area contributed by atoms with Crippen LogP contribution in [0.5, 0.6) is 5.75 Å². The number of phenols is 1. The fraction of sp³-hybridized carbons (Fsp3) is 0.529. The molecule has 0 aliphatic carbocycles. The second-order valence-electron chi connectivity index (χ2n) is 12.5. The molecule has 0 aliphatic heterocycles. The van der Waals surface area contributed by atoms with Crippen molar-refractivity contribution in [2.45, 2.75) is 104 Å². The molecule has 0 saturated carbocycles. The largest absolute Gasteiger partial charge is 0.508 e. The highest BCUT2D eigenvalue weighted by atomic mass is 16.6. The summed E-state index contributed by atoms with van der Waals surface area (Å²) in [6.07, 6.45) is 2.36. The molecule has 0 spiro atoms. The highest BCUT2D eigenvalue weighted by Gasteiger charge is 2.30. The number of hydrogen-bond acceptors (Lipinski definition) is 7. The Bertz CT molecular complexity index is 1190. The van der Waals surface area contributed by atoms with Crippen LogP contribution in [0.4, 0.5) is 4.79 Å². The molecule has 0 saturated heterocycles. The van der Waals surface area contributed by atoms with Crippen LogP contribution in [-0.4, -0.2) is 59.2 Å². The van der Waals surface area contributed by atoms with Crippen LogP contribution in [0, 0.1) is 5.92 Å². The van der Waals surface area contributed by atoms with E-state index in [4.69, 9.17) is 4.74 Å². The summed E-state index contributed by atoms with van der Waals surface area (Å²) in [4.78, 5) is 52.9. The van der Waals surface area contributed by atoms with Crippen molar-refractivity contribution >= 4 is 23.8 Å². The first-order valence-electron chi connectivity index (χ1n) is 15.5. The topological polar surface area (TPSA) is 146 Å². The van der Waals surface area contributed by atoms with Gasteiger partial charge in [0, 0.05) is 6.42 Å². The van der Waals surface area contributed by atoms with Gasteiger partial charge in [-0.05, 0) is 75.8 Å². The molecule has 0 fully saturated rings. The van der Waals surface area contributed by atoms with E-state index in [1.807, 2.05) is 51.1 Å². The minimum atomic E-state index is -1.12. The summed E-state index contributed by atoms with van der Waals surface area (Å²) >= 11 is 0. The van der Waals surface area contributed by atoms with E-state index in [0.29, 0.717) is 31.4 Å². The van der Waals surface area contributed by atoms with E-state index in [-0.39, 0.29) is 18.1 Å². The maximum atomic E-state index is 13.6. The quantitative estimate of drug-likeness (QED) is 0.189. The van der Waals surface area contributed by atoms with Crippen LogP contribution in [0.1, 0.15) is 78.4 Å². The Balaban J connectivity index is 2.20. The maximum Gasteiger partial charge on any atom is 0.408 e. The van der Waals surface area contributed by atoms with Crippen molar-refractivity contribution in [2.75, 3.05) is 6.54 Å². The monoisotopic (exact) mass is 610 g/mol. The minimum Gasteiger partial charge on any atom is -0.508 e. The third-order valence-corrected chi connectivity index (χ3v) is 6.78. The zero-order valence-electron chi connectivity index (χ0n) is 26.9. The summed E-state index contributed by atoms with van der Waals surface area (Å²) in [7, 11) is 0. The van der Waals surface area contributed by atoms with Crippen molar-refractivity contribution in [1.29, 1.82) is 0 Å². The molecule has 0 aromatic heterocycles. The number of rotatable bonds is 16. The Morgan fingerprint density at radius 1 is 0.818 bits per heavy atom. The summed E-state index contributed by atoms with van der Waals surface area (Å²) in [5.41, 5.74) is 1.05. The summed E-state index contributed by atoms with van der Waals surface area (Å²) in [5, 5.41) is 20.9. The first-order valence-corrected chi connectivity index (χ1v) is 15.5. The number of ether oxygens (including phenoxy) is 1. The molecule has 0 radical (unpaired) electrons. The average molecular weight is 611 g/mol. The smallest absolute Gasteiger partial charge is 0.408 e. The van der Waals surface area contributed by atoms with Crippen molar-refractivity contribution in [1.82, 2.24) is 21.3 Å². The first-order chi connectivity index (χ1) is 20.8. The fourth-order valence-electron chi connectivity index (χ4n) is 4.56. The molecule has 10 heteroatoms. The van der Waals surface area contributed by atoms with E-state index < -0.39 is 47.5 Å². The molecule has 2 aromatic rings. The number of alkyl carbamates (subject to hydrolysis) is 1. The van der Waals surface area contributed by atoms with Gasteiger partial charge in [0.1, 0.15) is 23.4 Å². The van der Waals surface area contributed by atoms with Gasteiger partial charge in [-0.3, -0.25) is 19.7 Å². The molecule has 242 valence electrons. The predicted molar refractivity (Wildman–Crippen MR) is 171 cm³/mol. The average Bonchev–Trinajstić information content (AvgIpc) is 2.94. The molecule has 44 heavy (non-hydrogen) atoms. The normalized spacial score (nSPS) is 13.4. The number of hydrogen-bond donors (Lipinski definition) is 5. The molecule has 2 aromatic carbocycles. The summed E-state index contributed by atoms with van der Waals surface area (Å²) < 4.78 is 5.34. The molecule has 10 nitrogen and oxygen atoms in total. The first kappa shape index (κ1) is 36.3. The van der Waals surface area contributed by atoms with Gasteiger partial charge in [0.05, 0.1) is 6.04 Å². The number of phenolic OH excluding ortho intramolecular Hbond substituents is 1. The van der Waals surface area contributed by atoms with Crippen LogP contribution in [0.2, 0.25) is 0 Å². The molecule has 4 amide bonds. The van der Waals surface area contributed by atoms with Crippen LogP contribution >= 0.6 is 0 Å². The number of imide groups is 1. The number of amides is 4. The van der Waals surface area contributed by atoms with Gasteiger partial charge in [-0.2, -0.15) is 0 Å². The lowest BCUT2D eigenvalue weighted by molar-refractivity contribution is -0.135. The minimum absolute atomic E-state index is 0.0632. The van der Waals surface area contributed by atoms with E-state index in [0.717, 1.165) is 18.4 Å². The Hall–Kier alpha value is -3.92. The Kier molecular flexibility index (Phi) is 14.9. The fourth-order valence-corrected chi connectivity index (χ4v) is 4.56. The molecule has 0 heterocycles. The summed E-state index contributed by atoms with van der Waals surface area (Å²) in [5.74, 6) is -1.45. The van der Waals surface area contributed by atoms with Gasteiger partial charge in [-0.25, -0.2) is 4.79 Å². The van der Waals surface area contributed by atoms with Gasteiger partial charge in [0.25, 0.3) is 0 Å². The molecule has 0 unspecified atom stereocenters. The van der Waals surface area contributed by atoms with Crippen molar-refractivity contribution in [3.05, 3.63) is 65.7 Å². The van der Waals surface area contributed by atoms with Gasteiger partial charge in [0.2, 0.25) is 17.7 Å². The van der Waals surface area contributed by atoms with E-state index in [1.165, 1.54) is 12.1 Å². The van der Waals surface area contributed by atoms with E-state index >= 15 is 0 Å². The second kappa shape index (κ2) is 18.0. The lowest BCUT2D eigenvalue weighted by atomic mass is 10.0. The number of carbonyl (C=O) groups excluding carboxylic acids is 4. The molecular formula is C34H50N4O6. The molecule has 3 atom stereocenters. The van der Waals surface area contributed by atoms with Crippen LogP contribution < -0.4 is 21.3 Å². The zero-order valence-corrected chi connectivity index (χ0v) is 26.9. The van der Waals surface area contributed by atoms with Gasteiger partial charge in [-0.1, -0.05) is 76.1 Å². The van der Waals surface area contributed by atoms with Gasteiger partial charge < -0.3 is 25.8 Å². The van der Waals surface area contributed by atoms with E-state index in [9.17, 15) is 24.3 Å².